The minimum atomic E-state index is 0.249. The van der Waals surface area contributed by atoms with E-state index in [-0.39, 0.29) is 11.5 Å². The maximum atomic E-state index is 9.33. The van der Waals surface area contributed by atoms with Crippen LogP contribution < -0.4 is 10.6 Å². The Balaban J connectivity index is 2.02. The van der Waals surface area contributed by atoms with E-state index >= 15 is 0 Å². The van der Waals surface area contributed by atoms with Gasteiger partial charge < -0.3 is 15.7 Å². The molecule has 1 aliphatic carbocycles. The van der Waals surface area contributed by atoms with Gasteiger partial charge in [0.2, 0.25) is 0 Å². The van der Waals surface area contributed by atoms with E-state index in [4.69, 9.17) is 5.73 Å². The maximum absolute atomic E-state index is 9.33. The Morgan fingerprint density at radius 3 is 2.58 bits per heavy atom. The number of rotatable bonds is 3. The highest BCUT2D eigenvalue weighted by Gasteiger charge is 2.36. The highest BCUT2D eigenvalue weighted by molar-refractivity contribution is 5.48. The fraction of sp³-hybridized carbons (Fsp3) is 0.625. The van der Waals surface area contributed by atoms with E-state index in [0.717, 1.165) is 12.2 Å². The van der Waals surface area contributed by atoms with Crippen LogP contribution in [0.5, 0.6) is 5.75 Å². The van der Waals surface area contributed by atoms with Gasteiger partial charge in [-0.25, -0.2) is 0 Å². The van der Waals surface area contributed by atoms with Gasteiger partial charge in [-0.3, -0.25) is 0 Å². The monoisotopic (exact) mass is 262 g/mol. The summed E-state index contributed by atoms with van der Waals surface area (Å²) in [5.74, 6) is 0.857. The zero-order chi connectivity index (χ0) is 14.0. The average molecular weight is 262 g/mol. The molecule has 0 aliphatic heterocycles. The Morgan fingerprint density at radius 2 is 1.95 bits per heavy atom. The molecule has 0 spiro atoms. The molecule has 1 fully saturated rings. The molecule has 0 radical (unpaired) electrons. The fourth-order valence-corrected chi connectivity index (χ4v) is 3.17. The van der Waals surface area contributed by atoms with Crippen molar-refractivity contribution in [3.05, 3.63) is 24.3 Å². The van der Waals surface area contributed by atoms with Gasteiger partial charge in [0.15, 0.2) is 0 Å². The molecule has 3 N–H and O–H groups in total. The number of hydrogen-bond acceptors (Lipinski definition) is 3. The van der Waals surface area contributed by atoms with Gasteiger partial charge in [-0.05, 0) is 48.4 Å². The molecule has 0 amide bonds. The van der Waals surface area contributed by atoms with Gasteiger partial charge in [-0.15, -0.1) is 0 Å². The molecule has 0 heterocycles. The van der Waals surface area contributed by atoms with Gasteiger partial charge in [0, 0.05) is 25.3 Å². The summed E-state index contributed by atoms with van der Waals surface area (Å²) in [6, 6.07) is 7.64. The topological polar surface area (TPSA) is 49.5 Å². The van der Waals surface area contributed by atoms with Crippen molar-refractivity contribution in [2.45, 2.75) is 39.2 Å². The van der Waals surface area contributed by atoms with Crippen molar-refractivity contribution in [3.63, 3.8) is 0 Å². The third kappa shape index (κ3) is 3.21. The van der Waals surface area contributed by atoms with E-state index in [1.165, 1.54) is 19.3 Å². The van der Waals surface area contributed by atoms with Crippen molar-refractivity contribution in [1.29, 1.82) is 0 Å². The Hall–Kier alpha value is -1.22. The van der Waals surface area contributed by atoms with Crippen molar-refractivity contribution in [2.24, 2.45) is 17.1 Å². The molecule has 2 unspecified atom stereocenters. The van der Waals surface area contributed by atoms with Crippen LogP contribution in [0, 0.1) is 11.3 Å². The van der Waals surface area contributed by atoms with Gasteiger partial charge >= 0.3 is 0 Å². The molecule has 1 aromatic carbocycles. The van der Waals surface area contributed by atoms with Gasteiger partial charge in [-0.2, -0.15) is 0 Å². The van der Waals surface area contributed by atoms with Crippen molar-refractivity contribution in [1.82, 2.24) is 0 Å². The van der Waals surface area contributed by atoms with Crippen LogP contribution in [0.25, 0.3) is 0 Å². The first kappa shape index (κ1) is 14.2. The van der Waals surface area contributed by atoms with E-state index in [0.29, 0.717) is 11.7 Å². The largest absolute Gasteiger partial charge is 0.508 e. The van der Waals surface area contributed by atoms with E-state index in [9.17, 15) is 5.11 Å². The standard InChI is InChI=1S/C16H26N2O/c1-16(2)10-4-5-12(15(16)17)11-18(3)13-6-8-14(19)9-7-13/h6-9,12,15,19H,4-5,10-11,17H2,1-3H3. The zero-order valence-corrected chi connectivity index (χ0v) is 12.3. The molecule has 1 saturated carbocycles. The summed E-state index contributed by atoms with van der Waals surface area (Å²) in [6.45, 7) is 5.55. The predicted molar refractivity (Wildman–Crippen MR) is 80.5 cm³/mol. The molecule has 0 saturated heterocycles. The first-order chi connectivity index (χ1) is 8.90. The highest BCUT2D eigenvalue weighted by Crippen LogP contribution is 2.38. The van der Waals surface area contributed by atoms with Crippen LogP contribution in [0.2, 0.25) is 0 Å². The molecule has 3 nitrogen and oxygen atoms in total. The maximum Gasteiger partial charge on any atom is 0.115 e. The van der Waals surface area contributed by atoms with E-state index in [1.54, 1.807) is 12.1 Å². The average Bonchev–Trinajstić information content (AvgIpc) is 2.35. The van der Waals surface area contributed by atoms with Crippen molar-refractivity contribution >= 4 is 5.69 Å². The van der Waals surface area contributed by atoms with Crippen molar-refractivity contribution in [2.75, 3.05) is 18.5 Å². The molecule has 0 aromatic heterocycles. The number of phenols is 1. The summed E-state index contributed by atoms with van der Waals surface area (Å²) in [6.07, 6.45) is 3.72. The van der Waals surface area contributed by atoms with Crippen LogP contribution in [0.4, 0.5) is 5.69 Å². The summed E-state index contributed by atoms with van der Waals surface area (Å²) in [4.78, 5) is 2.24. The Kier molecular flexibility index (Phi) is 4.04. The number of benzene rings is 1. The highest BCUT2D eigenvalue weighted by atomic mass is 16.3. The molecular formula is C16H26N2O. The second-order valence-corrected chi connectivity index (χ2v) is 6.56. The van der Waals surface area contributed by atoms with Crippen LogP contribution >= 0.6 is 0 Å². The lowest BCUT2D eigenvalue weighted by Gasteiger charge is -2.43. The number of nitrogens with zero attached hydrogens (tertiary/aromatic N) is 1. The third-order valence-corrected chi connectivity index (χ3v) is 4.61. The summed E-state index contributed by atoms with van der Waals surface area (Å²) < 4.78 is 0. The number of anilines is 1. The molecule has 2 atom stereocenters. The quantitative estimate of drug-likeness (QED) is 0.880. The first-order valence-corrected chi connectivity index (χ1v) is 7.16. The number of phenolic OH excluding ortho intramolecular Hbond substituents is 1. The molecular weight excluding hydrogens is 236 g/mol. The Bertz CT molecular complexity index is 413. The molecule has 2 rings (SSSR count). The van der Waals surface area contributed by atoms with Crippen LogP contribution in [0.1, 0.15) is 33.1 Å². The minimum absolute atomic E-state index is 0.249. The first-order valence-electron chi connectivity index (χ1n) is 7.16. The summed E-state index contributed by atoms with van der Waals surface area (Å²) in [5.41, 5.74) is 7.82. The molecule has 19 heavy (non-hydrogen) atoms. The molecule has 1 aliphatic rings. The lowest BCUT2D eigenvalue weighted by Crippen LogP contribution is -2.49. The predicted octanol–water partition coefficient (Wildman–Crippen LogP) is 2.98. The molecule has 1 aromatic rings. The van der Waals surface area contributed by atoms with Crippen LogP contribution in [0.3, 0.4) is 0 Å². The lowest BCUT2D eigenvalue weighted by atomic mass is 9.68. The number of aromatic hydroxyl groups is 1. The smallest absolute Gasteiger partial charge is 0.115 e. The normalized spacial score (nSPS) is 26.1. The summed E-state index contributed by atoms with van der Waals surface area (Å²) in [7, 11) is 2.10. The number of hydrogen-bond donors (Lipinski definition) is 2. The lowest BCUT2D eigenvalue weighted by molar-refractivity contribution is 0.142. The minimum Gasteiger partial charge on any atom is -0.508 e. The number of nitrogens with two attached hydrogens (primary N) is 1. The van der Waals surface area contributed by atoms with Crippen LogP contribution in [-0.4, -0.2) is 24.7 Å². The van der Waals surface area contributed by atoms with Gasteiger partial charge in [-0.1, -0.05) is 20.3 Å². The van der Waals surface area contributed by atoms with E-state index in [2.05, 4.69) is 25.8 Å². The second-order valence-electron chi connectivity index (χ2n) is 6.56. The van der Waals surface area contributed by atoms with Crippen molar-refractivity contribution < 1.29 is 5.11 Å². The summed E-state index contributed by atoms with van der Waals surface area (Å²) >= 11 is 0. The summed E-state index contributed by atoms with van der Waals surface area (Å²) in [5, 5.41) is 9.33. The third-order valence-electron chi connectivity index (χ3n) is 4.61. The molecule has 0 bridgehead atoms. The van der Waals surface area contributed by atoms with Gasteiger partial charge in [0.25, 0.3) is 0 Å². The molecule has 3 heteroatoms. The Labute approximate surface area is 116 Å². The zero-order valence-electron chi connectivity index (χ0n) is 12.3. The second kappa shape index (κ2) is 5.41. The van der Waals surface area contributed by atoms with E-state index in [1.807, 2.05) is 12.1 Å². The van der Waals surface area contributed by atoms with E-state index < -0.39 is 0 Å². The van der Waals surface area contributed by atoms with Gasteiger partial charge in [0.1, 0.15) is 5.75 Å². The van der Waals surface area contributed by atoms with Crippen LogP contribution in [0.15, 0.2) is 24.3 Å². The van der Waals surface area contributed by atoms with Crippen LogP contribution in [-0.2, 0) is 0 Å². The van der Waals surface area contributed by atoms with Gasteiger partial charge in [0.05, 0.1) is 0 Å². The Morgan fingerprint density at radius 1 is 1.32 bits per heavy atom. The molecule has 106 valence electrons. The fourth-order valence-electron chi connectivity index (χ4n) is 3.17. The SMILES string of the molecule is CN(CC1CCCC(C)(C)C1N)c1ccc(O)cc1. The van der Waals surface area contributed by atoms with Crippen molar-refractivity contribution in [3.8, 4) is 5.75 Å².